The van der Waals surface area contributed by atoms with Crippen LogP contribution in [0.2, 0.25) is 0 Å². The molecule has 9 rings (SSSR count). The molecule has 0 heterocycles. The van der Waals surface area contributed by atoms with Crippen LogP contribution < -0.4 is 5.43 Å². The normalized spacial score (nSPS) is 12.0. The van der Waals surface area contributed by atoms with E-state index in [1.54, 1.807) is 0 Å². The molecule has 9 aromatic carbocycles. The third-order valence-electron chi connectivity index (χ3n) is 10.7. The summed E-state index contributed by atoms with van der Waals surface area (Å²) in [4.78, 5) is 15.0. The molecular weight excluding hydrogens is 581 g/mol. The Bertz CT molecular complexity index is 2660. The second-order valence-corrected chi connectivity index (χ2v) is 14.0. The molecule has 0 radical (unpaired) electrons. The standard InChI is InChI=1S/C47H36O/c1-25-19-27(3)41(28(4)20-25)35-15-17-37-43-39(35)23-31-11-7-9-13-33(31)45(43)46-34-14-10-8-12-32(34)24-40-36(16-18-38(44(40)46)47(37)48)42-29(5)21-26(2)22-30(42)6/h7-24H,1-6H3. The van der Waals surface area contributed by atoms with Crippen LogP contribution in [0, 0.1) is 41.5 Å². The molecule has 0 aliphatic heterocycles. The Balaban J connectivity index is 1.63. The summed E-state index contributed by atoms with van der Waals surface area (Å²) in [6.45, 7) is 13.2. The minimum absolute atomic E-state index is 0.0864. The number of hydrogen-bond acceptors (Lipinski definition) is 1. The third-order valence-corrected chi connectivity index (χ3v) is 10.7. The van der Waals surface area contributed by atoms with Crippen molar-refractivity contribution in [3.8, 4) is 22.3 Å². The molecule has 0 saturated carbocycles. The lowest BCUT2D eigenvalue weighted by Gasteiger charge is -2.18. The molecule has 0 spiro atoms. The van der Waals surface area contributed by atoms with Crippen molar-refractivity contribution in [2.75, 3.05) is 0 Å². The van der Waals surface area contributed by atoms with E-state index in [1.165, 1.54) is 77.2 Å². The van der Waals surface area contributed by atoms with Gasteiger partial charge in [-0.05, 0) is 153 Å². The summed E-state index contributed by atoms with van der Waals surface area (Å²) in [7, 11) is 0. The van der Waals surface area contributed by atoms with Gasteiger partial charge in [-0.3, -0.25) is 4.79 Å². The van der Waals surface area contributed by atoms with Gasteiger partial charge in [0.15, 0.2) is 5.43 Å². The highest BCUT2D eigenvalue weighted by Gasteiger charge is 2.22. The first-order valence-corrected chi connectivity index (χ1v) is 16.9. The second kappa shape index (κ2) is 10.2. The molecule has 48 heavy (non-hydrogen) atoms. The Kier molecular flexibility index (Phi) is 6.11. The Morgan fingerprint density at radius 1 is 0.354 bits per heavy atom. The van der Waals surface area contributed by atoms with E-state index < -0.39 is 0 Å². The van der Waals surface area contributed by atoms with Gasteiger partial charge in [0.1, 0.15) is 0 Å². The van der Waals surface area contributed by atoms with Gasteiger partial charge in [-0.25, -0.2) is 0 Å². The van der Waals surface area contributed by atoms with Crippen molar-refractivity contribution < 1.29 is 0 Å². The summed E-state index contributed by atoms with van der Waals surface area (Å²) < 4.78 is 0. The molecule has 9 aromatic rings. The fraction of sp³-hybridized carbons (Fsp3) is 0.128. The maximum atomic E-state index is 15.0. The van der Waals surface area contributed by atoms with E-state index >= 15 is 4.79 Å². The molecule has 0 N–H and O–H groups in total. The topological polar surface area (TPSA) is 17.1 Å². The first kappa shape index (κ1) is 28.7. The molecule has 0 amide bonds. The van der Waals surface area contributed by atoms with E-state index in [0.717, 1.165) is 43.1 Å². The quantitative estimate of drug-likeness (QED) is 0.177. The highest BCUT2D eigenvalue weighted by Crippen LogP contribution is 2.47. The van der Waals surface area contributed by atoms with Crippen molar-refractivity contribution in [3.05, 3.63) is 153 Å². The van der Waals surface area contributed by atoms with Gasteiger partial charge >= 0.3 is 0 Å². The number of hydrogen-bond donors (Lipinski definition) is 0. The van der Waals surface area contributed by atoms with Crippen LogP contribution in [0.5, 0.6) is 0 Å². The van der Waals surface area contributed by atoms with Crippen LogP contribution in [0.3, 0.4) is 0 Å². The van der Waals surface area contributed by atoms with Crippen molar-refractivity contribution in [2.24, 2.45) is 0 Å². The first-order chi connectivity index (χ1) is 23.2. The zero-order valence-corrected chi connectivity index (χ0v) is 28.3. The molecule has 0 bridgehead atoms. The Labute approximate surface area is 280 Å². The van der Waals surface area contributed by atoms with Gasteiger partial charge in [0, 0.05) is 21.5 Å². The average molecular weight is 617 g/mol. The maximum absolute atomic E-state index is 15.0. The summed E-state index contributed by atoms with van der Waals surface area (Å²) in [6, 6.07) is 39.8. The SMILES string of the molecule is Cc1cc(C)c(-c2ccc3c(=O)c4ccc(-c5c(C)cc(C)cc5C)c5cc6ccccc6c(c54)c4c5ccccc5cc2c34)c(C)c1. The van der Waals surface area contributed by atoms with Crippen molar-refractivity contribution in [3.63, 3.8) is 0 Å². The van der Waals surface area contributed by atoms with Crippen LogP contribution in [0.4, 0.5) is 0 Å². The second-order valence-electron chi connectivity index (χ2n) is 14.0. The molecule has 230 valence electrons. The number of benzene rings is 8. The highest BCUT2D eigenvalue weighted by atomic mass is 16.1. The van der Waals surface area contributed by atoms with Crippen molar-refractivity contribution in [2.45, 2.75) is 41.5 Å². The molecule has 0 aliphatic rings. The van der Waals surface area contributed by atoms with Crippen LogP contribution in [0.25, 0.3) is 86.9 Å². The van der Waals surface area contributed by atoms with E-state index in [9.17, 15) is 0 Å². The van der Waals surface area contributed by atoms with Gasteiger partial charge < -0.3 is 0 Å². The van der Waals surface area contributed by atoms with Gasteiger partial charge in [0.2, 0.25) is 0 Å². The van der Waals surface area contributed by atoms with E-state index in [-0.39, 0.29) is 5.43 Å². The Morgan fingerprint density at radius 2 is 0.729 bits per heavy atom. The Morgan fingerprint density at radius 3 is 1.12 bits per heavy atom. The van der Waals surface area contributed by atoms with Gasteiger partial charge in [-0.2, -0.15) is 0 Å². The van der Waals surface area contributed by atoms with Gasteiger partial charge in [0.05, 0.1) is 0 Å². The van der Waals surface area contributed by atoms with Gasteiger partial charge in [0.25, 0.3) is 0 Å². The molecule has 1 nitrogen and oxygen atoms in total. The minimum atomic E-state index is 0.0864. The van der Waals surface area contributed by atoms with Crippen LogP contribution in [-0.4, -0.2) is 0 Å². The molecule has 1 heteroatoms. The van der Waals surface area contributed by atoms with Crippen LogP contribution in [0.15, 0.2) is 114 Å². The van der Waals surface area contributed by atoms with E-state index in [0.29, 0.717) is 0 Å². The molecule has 0 atom stereocenters. The lowest BCUT2D eigenvalue weighted by Crippen LogP contribution is -2.00. The number of aryl methyl sites for hydroxylation is 6. The van der Waals surface area contributed by atoms with E-state index in [2.05, 4.69) is 151 Å². The first-order valence-electron chi connectivity index (χ1n) is 16.9. The summed E-state index contributed by atoms with van der Waals surface area (Å²) in [5, 5.41) is 12.9. The lowest BCUT2D eigenvalue weighted by molar-refractivity contribution is 1.32. The zero-order valence-electron chi connectivity index (χ0n) is 28.3. The van der Waals surface area contributed by atoms with Crippen molar-refractivity contribution in [1.29, 1.82) is 0 Å². The van der Waals surface area contributed by atoms with Crippen molar-refractivity contribution in [1.82, 2.24) is 0 Å². The smallest absolute Gasteiger partial charge is 0.194 e. The molecule has 0 unspecified atom stereocenters. The Hall–Kier alpha value is -5.53. The summed E-state index contributed by atoms with van der Waals surface area (Å²) >= 11 is 0. The fourth-order valence-electron chi connectivity index (χ4n) is 9.05. The van der Waals surface area contributed by atoms with Crippen LogP contribution in [-0.2, 0) is 0 Å². The predicted octanol–water partition coefficient (Wildman–Crippen LogP) is 12.6. The third kappa shape index (κ3) is 3.94. The van der Waals surface area contributed by atoms with Crippen molar-refractivity contribution >= 4 is 64.6 Å². The summed E-state index contributed by atoms with van der Waals surface area (Å²) in [5.41, 5.74) is 12.5. The molecule has 0 aliphatic carbocycles. The largest absolute Gasteiger partial charge is 0.289 e. The maximum Gasteiger partial charge on any atom is 0.194 e. The van der Waals surface area contributed by atoms with E-state index in [4.69, 9.17) is 0 Å². The summed E-state index contributed by atoms with van der Waals surface area (Å²) in [6.07, 6.45) is 0. The van der Waals surface area contributed by atoms with Crippen LogP contribution in [0.1, 0.15) is 33.4 Å². The molecular formula is C47H36O. The highest BCUT2D eigenvalue weighted by molar-refractivity contribution is 6.39. The lowest BCUT2D eigenvalue weighted by atomic mass is 9.85. The number of rotatable bonds is 2. The van der Waals surface area contributed by atoms with E-state index in [1.807, 2.05) is 0 Å². The monoisotopic (exact) mass is 616 g/mol. The fourth-order valence-corrected chi connectivity index (χ4v) is 9.05. The van der Waals surface area contributed by atoms with Crippen LogP contribution >= 0.6 is 0 Å². The average Bonchev–Trinajstić information content (AvgIpc) is 3.16. The molecule has 0 aromatic heterocycles. The summed E-state index contributed by atoms with van der Waals surface area (Å²) in [5.74, 6) is 0. The minimum Gasteiger partial charge on any atom is -0.289 e. The zero-order chi connectivity index (χ0) is 33.0. The van der Waals surface area contributed by atoms with Gasteiger partial charge in [-0.15, -0.1) is 0 Å². The molecule has 0 fully saturated rings. The molecule has 0 saturated heterocycles. The number of fused-ring (bicyclic) bond motifs is 5. The predicted molar refractivity (Wildman–Crippen MR) is 208 cm³/mol. The van der Waals surface area contributed by atoms with Gasteiger partial charge in [-0.1, -0.05) is 96.1 Å².